The average molecular weight is 327 g/mol. The maximum atomic E-state index is 11.8. The summed E-state index contributed by atoms with van der Waals surface area (Å²) in [6.07, 6.45) is 0.413. The first-order valence-corrected chi connectivity index (χ1v) is 6.88. The Bertz CT molecular complexity index is 663. The number of hydrogen-bond donors (Lipinski definition) is 3. The first-order valence-electron chi connectivity index (χ1n) is 6.12. The minimum atomic E-state index is -0.986. The number of benzene rings is 1. The number of carbonyl (C=O) groups excluding carboxylic acids is 1. The van der Waals surface area contributed by atoms with Gasteiger partial charge in [0.2, 0.25) is 0 Å². The molecule has 1 aromatic carbocycles. The number of aromatic nitrogens is 1. The van der Waals surface area contributed by atoms with Crippen LogP contribution in [0, 0.1) is 0 Å². The van der Waals surface area contributed by atoms with Gasteiger partial charge in [0.15, 0.2) is 0 Å². The van der Waals surface area contributed by atoms with Crippen LogP contribution in [0.3, 0.4) is 0 Å². The van der Waals surface area contributed by atoms with E-state index in [2.05, 4.69) is 10.3 Å². The monoisotopic (exact) mass is 326 g/mol. The largest absolute Gasteiger partial charge is 0.478 e. The minimum absolute atomic E-state index is 0.207. The van der Waals surface area contributed by atoms with Crippen LogP contribution in [0.2, 0.25) is 10.2 Å². The van der Waals surface area contributed by atoms with Crippen LogP contribution < -0.4 is 5.32 Å². The molecule has 1 amide bonds. The molecule has 0 aliphatic heterocycles. The number of carbonyl (C=O) groups is 2. The molecule has 110 valence electrons. The smallest absolute Gasteiger partial charge is 0.335 e. The van der Waals surface area contributed by atoms with Gasteiger partial charge in [-0.05, 0) is 24.1 Å². The van der Waals surface area contributed by atoms with Crippen LogP contribution in [0.1, 0.15) is 26.4 Å². The van der Waals surface area contributed by atoms with Crippen LogP contribution in [0.5, 0.6) is 0 Å². The third-order valence-corrected chi connectivity index (χ3v) is 3.59. The fourth-order valence-corrected chi connectivity index (χ4v) is 2.19. The molecule has 0 spiro atoms. The topological polar surface area (TPSA) is 82.2 Å². The van der Waals surface area contributed by atoms with Gasteiger partial charge in [-0.3, -0.25) is 4.79 Å². The van der Waals surface area contributed by atoms with E-state index in [1.165, 1.54) is 12.1 Å². The number of hydrogen-bond acceptors (Lipinski definition) is 2. The molecule has 2 aromatic rings. The predicted molar refractivity (Wildman–Crippen MR) is 80.3 cm³/mol. The number of aromatic carboxylic acids is 1. The highest BCUT2D eigenvalue weighted by Crippen LogP contribution is 2.21. The summed E-state index contributed by atoms with van der Waals surface area (Å²) in [6.45, 7) is 0.303. The van der Waals surface area contributed by atoms with E-state index in [9.17, 15) is 9.59 Å². The second-order valence-electron chi connectivity index (χ2n) is 4.31. The standard InChI is InChI=1S/C14H12Cl2N2O3/c15-10-7-11(18-12(10)16)13(19)17-6-5-8-3-1-2-4-9(8)14(20)21/h1-4,7,18H,5-6H2,(H,17,19)(H,20,21). The first-order chi connectivity index (χ1) is 9.99. The van der Waals surface area contributed by atoms with Crippen LogP contribution in [0.4, 0.5) is 0 Å². The van der Waals surface area contributed by atoms with E-state index in [1.807, 2.05) is 0 Å². The molecule has 2 rings (SSSR count). The lowest BCUT2D eigenvalue weighted by Crippen LogP contribution is -2.26. The number of nitrogens with one attached hydrogen (secondary N) is 2. The molecule has 1 heterocycles. The summed E-state index contributed by atoms with van der Waals surface area (Å²) in [5.41, 5.74) is 1.15. The van der Waals surface area contributed by atoms with Crippen LogP contribution in [0.15, 0.2) is 30.3 Å². The zero-order chi connectivity index (χ0) is 15.4. The zero-order valence-corrected chi connectivity index (χ0v) is 12.3. The third-order valence-electron chi connectivity index (χ3n) is 2.90. The van der Waals surface area contributed by atoms with Gasteiger partial charge in [0.25, 0.3) is 5.91 Å². The number of carboxylic acid groups (broad SMARTS) is 1. The van der Waals surface area contributed by atoms with E-state index in [-0.39, 0.29) is 27.3 Å². The fourth-order valence-electron chi connectivity index (χ4n) is 1.88. The molecule has 5 nitrogen and oxygen atoms in total. The third kappa shape index (κ3) is 3.77. The van der Waals surface area contributed by atoms with Crippen molar-refractivity contribution in [3.05, 3.63) is 57.3 Å². The first kappa shape index (κ1) is 15.4. The van der Waals surface area contributed by atoms with E-state index in [0.29, 0.717) is 18.5 Å². The molecule has 7 heteroatoms. The summed E-state index contributed by atoms with van der Waals surface area (Å²) in [4.78, 5) is 25.6. The van der Waals surface area contributed by atoms with E-state index in [0.717, 1.165) is 0 Å². The Morgan fingerprint density at radius 1 is 1.24 bits per heavy atom. The van der Waals surface area contributed by atoms with Crippen molar-refractivity contribution < 1.29 is 14.7 Å². The number of rotatable bonds is 5. The summed E-state index contributed by atoms with van der Waals surface area (Å²) in [5.74, 6) is -1.34. The average Bonchev–Trinajstić information content (AvgIpc) is 2.79. The molecular formula is C14H12Cl2N2O3. The van der Waals surface area contributed by atoms with Crippen molar-refractivity contribution in [1.29, 1.82) is 0 Å². The molecule has 0 unspecified atom stereocenters. The van der Waals surface area contributed by atoms with E-state index >= 15 is 0 Å². The summed E-state index contributed by atoms with van der Waals surface area (Å²) < 4.78 is 0. The van der Waals surface area contributed by atoms with Gasteiger partial charge in [0.05, 0.1) is 10.6 Å². The quantitative estimate of drug-likeness (QED) is 0.789. The second kappa shape index (κ2) is 6.65. The van der Waals surface area contributed by atoms with Gasteiger partial charge < -0.3 is 15.4 Å². The Morgan fingerprint density at radius 3 is 2.57 bits per heavy atom. The Morgan fingerprint density at radius 2 is 1.95 bits per heavy atom. The molecule has 0 saturated heterocycles. The normalized spacial score (nSPS) is 10.4. The molecule has 0 saturated carbocycles. The second-order valence-corrected chi connectivity index (χ2v) is 5.10. The van der Waals surface area contributed by atoms with Crippen LogP contribution in [0.25, 0.3) is 0 Å². The summed E-state index contributed by atoms with van der Waals surface area (Å²) >= 11 is 11.5. The molecule has 0 bridgehead atoms. The summed E-state index contributed by atoms with van der Waals surface area (Å²) in [6, 6.07) is 8.11. The predicted octanol–water partition coefficient (Wildman–Crippen LogP) is 2.99. The lowest BCUT2D eigenvalue weighted by molar-refractivity contribution is 0.0695. The molecule has 0 atom stereocenters. The minimum Gasteiger partial charge on any atom is -0.478 e. The molecule has 0 fully saturated rings. The van der Waals surface area contributed by atoms with Crippen LogP contribution >= 0.6 is 23.2 Å². The van der Waals surface area contributed by atoms with Crippen molar-refractivity contribution in [3.8, 4) is 0 Å². The number of carboxylic acids is 1. The molecule has 3 N–H and O–H groups in total. The van der Waals surface area contributed by atoms with E-state index in [1.54, 1.807) is 18.2 Å². The lowest BCUT2D eigenvalue weighted by Gasteiger charge is -2.07. The Balaban J connectivity index is 1.96. The number of halogens is 2. The van der Waals surface area contributed by atoms with Gasteiger partial charge >= 0.3 is 5.97 Å². The fraction of sp³-hybridized carbons (Fsp3) is 0.143. The highest BCUT2D eigenvalue weighted by atomic mass is 35.5. The van der Waals surface area contributed by atoms with Crippen molar-refractivity contribution in [2.24, 2.45) is 0 Å². The van der Waals surface area contributed by atoms with E-state index < -0.39 is 5.97 Å². The number of amides is 1. The van der Waals surface area contributed by atoms with Crippen molar-refractivity contribution >= 4 is 35.1 Å². The lowest BCUT2D eigenvalue weighted by atomic mass is 10.0. The molecular weight excluding hydrogens is 315 g/mol. The number of aromatic amines is 1. The highest BCUT2D eigenvalue weighted by molar-refractivity contribution is 6.41. The van der Waals surface area contributed by atoms with Crippen molar-refractivity contribution in [1.82, 2.24) is 10.3 Å². The van der Waals surface area contributed by atoms with Gasteiger partial charge in [-0.2, -0.15) is 0 Å². The van der Waals surface area contributed by atoms with Gasteiger partial charge in [-0.15, -0.1) is 0 Å². The molecule has 1 aromatic heterocycles. The SMILES string of the molecule is O=C(NCCc1ccccc1C(=O)O)c1cc(Cl)c(Cl)[nH]1. The van der Waals surface area contributed by atoms with Gasteiger partial charge in [-0.1, -0.05) is 41.4 Å². The van der Waals surface area contributed by atoms with Crippen molar-refractivity contribution in [3.63, 3.8) is 0 Å². The molecule has 21 heavy (non-hydrogen) atoms. The van der Waals surface area contributed by atoms with Crippen molar-refractivity contribution in [2.75, 3.05) is 6.54 Å². The van der Waals surface area contributed by atoms with E-state index in [4.69, 9.17) is 28.3 Å². The summed E-state index contributed by atoms with van der Waals surface area (Å²) in [5, 5.41) is 12.2. The van der Waals surface area contributed by atoms with Gasteiger partial charge in [0.1, 0.15) is 10.8 Å². The zero-order valence-electron chi connectivity index (χ0n) is 10.8. The van der Waals surface area contributed by atoms with Crippen LogP contribution in [-0.4, -0.2) is 28.5 Å². The molecule has 0 aliphatic carbocycles. The maximum Gasteiger partial charge on any atom is 0.335 e. The molecule has 0 radical (unpaired) electrons. The van der Waals surface area contributed by atoms with Crippen LogP contribution in [-0.2, 0) is 6.42 Å². The highest BCUT2D eigenvalue weighted by Gasteiger charge is 2.12. The number of H-pyrrole nitrogens is 1. The molecule has 0 aliphatic rings. The van der Waals surface area contributed by atoms with Crippen molar-refractivity contribution in [2.45, 2.75) is 6.42 Å². The summed E-state index contributed by atoms with van der Waals surface area (Å²) in [7, 11) is 0. The Hall–Kier alpha value is -1.98. The van der Waals surface area contributed by atoms with Gasteiger partial charge in [-0.25, -0.2) is 4.79 Å². The maximum absolute atomic E-state index is 11.8. The Kier molecular flexibility index (Phi) is 4.88. The Labute approximate surface area is 130 Å². The van der Waals surface area contributed by atoms with Gasteiger partial charge in [0, 0.05) is 6.54 Å².